The molecule has 0 aliphatic rings. The quantitative estimate of drug-likeness (QED) is 0.741. The van der Waals surface area contributed by atoms with E-state index in [-0.39, 0.29) is 5.75 Å². The van der Waals surface area contributed by atoms with Crippen LogP contribution in [0.2, 0.25) is 0 Å². The summed E-state index contributed by atoms with van der Waals surface area (Å²) in [5, 5.41) is 18.5. The lowest BCUT2D eigenvalue weighted by atomic mass is 10.0. The van der Waals surface area contributed by atoms with Crippen LogP contribution in [0, 0.1) is 0 Å². The lowest BCUT2D eigenvalue weighted by Gasteiger charge is -2.16. The number of aliphatic hydroxyl groups is 1. The summed E-state index contributed by atoms with van der Waals surface area (Å²) in [6.45, 7) is 1.61. The summed E-state index contributed by atoms with van der Waals surface area (Å²) in [5.41, 5.74) is 6.42. The van der Waals surface area contributed by atoms with Crippen LogP contribution in [0.4, 0.5) is 0 Å². The van der Waals surface area contributed by atoms with Crippen molar-refractivity contribution in [3.05, 3.63) is 28.2 Å². The fraction of sp³-hybridized carbons (Fsp3) is 0.333. The molecule has 0 aliphatic carbocycles. The minimum atomic E-state index is -0.641. The number of phenols is 1. The highest BCUT2D eigenvalue weighted by atomic mass is 79.9. The van der Waals surface area contributed by atoms with Crippen molar-refractivity contribution in [3.8, 4) is 5.75 Å². The Labute approximate surface area is 85.3 Å². The summed E-state index contributed by atoms with van der Waals surface area (Å²) in [5.74, 6) is 0.148. The van der Waals surface area contributed by atoms with Crippen LogP contribution in [0.25, 0.3) is 0 Å². The maximum atomic E-state index is 9.26. The first-order chi connectivity index (χ1) is 6.02. The molecule has 1 rings (SSSR count). The Morgan fingerprint density at radius 2 is 2.08 bits per heavy atom. The van der Waals surface area contributed by atoms with Gasteiger partial charge in [0.05, 0.1) is 12.1 Å². The van der Waals surface area contributed by atoms with Crippen molar-refractivity contribution in [2.24, 2.45) is 5.73 Å². The largest absolute Gasteiger partial charge is 0.508 e. The van der Waals surface area contributed by atoms with E-state index in [0.29, 0.717) is 5.56 Å². The van der Waals surface area contributed by atoms with E-state index in [9.17, 15) is 10.2 Å². The van der Waals surface area contributed by atoms with Gasteiger partial charge in [-0.05, 0) is 30.7 Å². The zero-order chi connectivity index (χ0) is 10.0. The van der Waals surface area contributed by atoms with Gasteiger partial charge in [0.25, 0.3) is 0 Å². The van der Waals surface area contributed by atoms with E-state index in [1.54, 1.807) is 25.1 Å². The molecule has 3 nitrogen and oxygen atoms in total. The SMILES string of the molecule is CC(O)C(N)c1cc(O)ccc1Br. The lowest BCUT2D eigenvalue weighted by Crippen LogP contribution is -2.23. The van der Waals surface area contributed by atoms with Crippen LogP contribution in [0.5, 0.6) is 5.75 Å². The third-order valence-electron chi connectivity index (χ3n) is 1.86. The highest BCUT2D eigenvalue weighted by Gasteiger charge is 2.15. The topological polar surface area (TPSA) is 66.5 Å². The summed E-state index contributed by atoms with van der Waals surface area (Å²) in [6.07, 6.45) is -0.641. The van der Waals surface area contributed by atoms with E-state index in [4.69, 9.17) is 5.73 Å². The van der Waals surface area contributed by atoms with Gasteiger partial charge in [0.15, 0.2) is 0 Å². The van der Waals surface area contributed by atoms with E-state index in [1.807, 2.05) is 0 Å². The molecule has 4 N–H and O–H groups in total. The Hall–Kier alpha value is -0.580. The summed E-state index contributed by atoms with van der Waals surface area (Å²) >= 11 is 3.30. The number of benzene rings is 1. The fourth-order valence-corrected chi connectivity index (χ4v) is 1.56. The first-order valence-electron chi connectivity index (χ1n) is 3.94. The first-order valence-corrected chi connectivity index (χ1v) is 4.73. The molecule has 4 heteroatoms. The molecule has 0 saturated heterocycles. The third kappa shape index (κ3) is 2.43. The molecule has 0 aliphatic heterocycles. The molecule has 13 heavy (non-hydrogen) atoms. The molecule has 0 heterocycles. The Balaban J connectivity index is 3.05. The van der Waals surface area contributed by atoms with Gasteiger partial charge < -0.3 is 15.9 Å². The predicted octanol–water partition coefficient (Wildman–Crippen LogP) is 1.54. The van der Waals surface area contributed by atoms with E-state index in [2.05, 4.69) is 15.9 Å². The minimum absolute atomic E-state index is 0.148. The van der Waals surface area contributed by atoms with Crippen molar-refractivity contribution in [2.45, 2.75) is 19.1 Å². The Bertz CT molecular complexity index is 302. The average Bonchev–Trinajstić information content (AvgIpc) is 2.08. The van der Waals surface area contributed by atoms with Crippen LogP contribution in [0.15, 0.2) is 22.7 Å². The normalized spacial score (nSPS) is 15.4. The molecule has 2 unspecified atom stereocenters. The van der Waals surface area contributed by atoms with Crippen LogP contribution in [-0.2, 0) is 0 Å². The molecular weight excluding hydrogens is 234 g/mol. The molecule has 0 saturated carbocycles. The second kappa shape index (κ2) is 4.09. The fourth-order valence-electron chi connectivity index (χ4n) is 1.05. The van der Waals surface area contributed by atoms with E-state index in [1.165, 1.54) is 0 Å². The predicted molar refractivity (Wildman–Crippen MR) is 54.4 cm³/mol. The van der Waals surface area contributed by atoms with Crippen molar-refractivity contribution in [1.82, 2.24) is 0 Å². The second-order valence-electron chi connectivity index (χ2n) is 2.97. The standard InChI is InChI=1S/C9H12BrNO2/c1-5(12)9(11)7-4-6(13)2-3-8(7)10/h2-5,9,12-13H,11H2,1H3. The molecule has 0 aromatic heterocycles. The number of rotatable bonds is 2. The summed E-state index contributed by atoms with van der Waals surface area (Å²) in [7, 11) is 0. The Morgan fingerprint density at radius 3 is 2.62 bits per heavy atom. The van der Waals surface area contributed by atoms with E-state index >= 15 is 0 Å². The smallest absolute Gasteiger partial charge is 0.115 e. The zero-order valence-corrected chi connectivity index (χ0v) is 8.82. The van der Waals surface area contributed by atoms with Crippen molar-refractivity contribution in [1.29, 1.82) is 0 Å². The molecule has 2 atom stereocenters. The van der Waals surface area contributed by atoms with Gasteiger partial charge in [-0.25, -0.2) is 0 Å². The van der Waals surface area contributed by atoms with Gasteiger partial charge in [0.2, 0.25) is 0 Å². The van der Waals surface area contributed by atoms with Gasteiger partial charge in [-0.2, -0.15) is 0 Å². The van der Waals surface area contributed by atoms with E-state index in [0.717, 1.165) is 4.47 Å². The Morgan fingerprint density at radius 1 is 1.46 bits per heavy atom. The number of nitrogens with two attached hydrogens (primary N) is 1. The molecule has 1 aromatic carbocycles. The van der Waals surface area contributed by atoms with Gasteiger partial charge in [0, 0.05) is 4.47 Å². The Kier molecular flexibility index (Phi) is 3.30. The van der Waals surface area contributed by atoms with E-state index < -0.39 is 12.1 Å². The van der Waals surface area contributed by atoms with Crippen LogP contribution in [0.1, 0.15) is 18.5 Å². The van der Waals surface area contributed by atoms with Gasteiger partial charge >= 0.3 is 0 Å². The summed E-state index contributed by atoms with van der Waals surface area (Å²) < 4.78 is 0.790. The average molecular weight is 246 g/mol. The van der Waals surface area contributed by atoms with Crippen LogP contribution < -0.4 is 5.73 Å². The maximum Gasteiger partial charge on any atom is 0.115 e. The molecule has 72 valence electrons. The number of phenolic OH excluding ortho intramolecular Hbond substituents is 1. The van der Waals surface area contributed by atoms with Crippen molar-refractivity contribution in [3.63, 3.8) is 0 Å². The van der Waals surface area contributed by atoms with Crippen LogP contribution >= 0.6 is 15.9 Å². The van der Waals surface area contributed by atoms with Crippen molar-refractivity contribution in [2.75, 3.05) is 0 Å². The number of aliphatic hydroxyl groups excluding tert-OH is 1. The number of hydrogen-bond acceptors (Lipinski definition) is 3. The lowest BCUT2D eigenvalue weighted by molar-refractivity contribution is 0.164. The number of aromatic hydroxyl groups is 1. The second-order valence-corrected chi connectivity index (χ2v) is 3.83. The van der Waals surface area contributed by atoms with Gasteiger partial charge in [-0.1, -0.05) is 15.9 Å². The van der Waals surface area contributed by atoms with Crippen LogP contribution in [-0.4, -0.2) is 16.3 Å². The molecular formula is C9H12BrNO2. The third-order valence-corrected chi connectivity index (χ3v) is 2.58. The number of hydrogen-bond donors (Lipinski definition) is 3. The summed E-state index contributed by atoms with van der Waals surface area (Å²) in [6, 6.07) is 4.32. The van der Waals surface area contributed by atoms with Gasteiger partial charge in [-0.3, -0.25) is 0 Å². The highest BCUT2D eigenvalue weighted by molar-refractivity contribution is 9.10. The van der Waals surface area contributed by atoms with Gasteiger partial charge in [-0.15, -0.1) is 0 Å². The van der Waals surface area contributed by atoms with Crippen LogP contribution in [0.3, 0.4) is 0 Å². The molecule has 0 radical (unpaired) electrons. The van der Waals surface area contributed by atoms with Crippen molar-refractivity contribution < 1.29 is 10.2 Å². The zero-order valence-electron chi connectivity index (χ0n) is 7.24. The van der Waals surface area contributed by atoms with Gasteiger partial charge in [0.1, 0.15) is 5.75 Å². The molecule has 0 spiro atoms. The number of halogens is 1. The molecule has 0 amide bonds. The minimum Gasteiger partial charge on any atom is -0.508 e. The molecule has 0 fully saturated rings. The monoisotopic (exact) mass is 245 g/mol. The molecule has 1 aromatic rings. The highest BCUT2D eigenvalue weighted by Crippen LogP contribution is 2.27. The van der Waals surface area contributed by atoms with Crippen molar-refractivity contribution >= 4 is 15.9 Å². The molecule has 0 bridgehead atoms. The first kappa shape index (κ1) is 10.5. The maximum absolute atomic E-state index is 9.26. The summed E-state index contributed by atoms with van der Waals surface area (Å²) in [4.78, 5) is 0.